The van der Waals surface area contributed by atoms with Gasteiger partial charge in [-0.2, -0.15) is 0 Å². The zero-order valence-electron chi connectivity index (χ0n) is 11.2. The standard InChI is InChI=1S/C15H17NO3/c1-3-4-7-16-14(17)12-9-11-6-5-10(2)8-13(11)19-15(12)18/h5-6,8-9H,3-4,7H2,1-2H3,(H,16,17). The van der Waals surface area contributed by atoms with Crippen molar-refractivity contribution < 1.29 is 9.21 Å². The summed E-state index contributed by atoms with van der Waals surface area (Å²) in [6.07, 6.45) is 1.88. The van der Waals surface area contributed by atoms with Gasteiger partial charge in [-0.15, -0.1) is 0 Å². The molecule has 19 heavy (non-hydrogen) atoms. The Labute approximate surface area is 111 Å². The Kier molecular flexibility index (Phi) is 4.00. The number of aryl methyl sites for hydroxylation is 1. The SMILES string of the molecule is CCCCNC(=O)c1cc2ccc(C)cc2oc1=O. The van der Waals surface area contributed by atoms with Crippen LogP contribution in [0.15, 0.2) is 33.5 Å². The van der Waals surface area contributed by atoms with E-state index in [1.54, 1.807) is 12.1 Å². The van der Waals surface area contributed by atoms with Gasteiger partial charge in [0.05, 0.1) is 0 Å². The van der Waals surface area contributed by atoms with Gasteiger partial charge in [0.15, 0.2) is 0 Å². The van der Waals surface area contributed by atoms with E-state index in [0.29, 0.717) is 12.1 Å². The molecule has 100 valence electrons. The topological polar surface area (TPSA) is 59.3 Å². The van der Waals surface area contributed by atoms with Crippen molar-refractivity contribution in [1.29, 1.82) is 0 Å². The zero-order valence-corrected chi connectivity index (χ0v) is 11.2. The van der Waals surface area contributed by atoms with E-state index in [1.807, 2.05) is 26.0 Å². The largest absolute Gasteiger partial charge is 0.422 e. The van der Waals surface area contributed by atoms with Gasteiger partial charge in [0, 0.05) is 11.9 Å². The Balaban J connectivity index is 2.33. The lowest BCUT2D eigenvalue weighted by molar-refractivity contribution is 0.0949. The molecular formula is C15H17NO3. The fraction of sp³-hybridized carbons (Fsp3) is 0.333. The Morgan fingerprint density at radius 2 is 2.11 bits per heavy atom. The molecule has 0 aliphatic carbocycles. The van der Waals surface area contributed by atoms with Crippen LogP contribution in [0, 0.1) is 6.92 Å². The minimum absolute atomic E-state index is 0.0625. The number of fused-ring (bicyclic) bond motifs is 1. The highest BCUT2D eigenvalue weighted by Crippen LogP contribution is 2.15. The molecule has 0 atom stereocenters. The first kappa shape index (κ1) is 13.3. The molecule has 2 rings (SSSR count). The van der Waals surface area contributed by atoms with Crippen LogP contribution in [-0.4, -0.2) is 12.5 Å². The Hall–Kier alpha value is -2.10. The van der Waals surface area contributed by atoms with Crippen LogP contribution in [0.2, 0.25) is 0 Å². The minimum Gasteiger partial charge on any atom is -0.422 e. The van der Waals surface area contributed by atoms with Crippen molar-refractivity contribution in [3.63, 3.8) is 0 Å². The number of unbranched alkanes of at least 4 members (excludes halogenated alkanes) is 1. The van der Waals surface area contributed by atoms with Crippen LogP contribution in [-0.2, 0) is 0 Å². The lowest BCUT2D eigenvalue weighted by Gasteiger charge is -2.04. The highest BCUT2D eigenvalue weighted by molar-refractivity contribution is 5.96. The van der Waals surface area contributed by atoms with Crippen molar-refractivity contribution in [2.24, 2.45) is 0 Å². The zero-order chi connectivity index (χ0) is 13.8. The van der Waals surface area contributed by atoms with Gasteiger partial charge in [0.1, 0.15) is 11.1 Å². The molecule has 0 aliphatic rings. The second-order valence-electron chi connectivity index (χ2n) is 4.60. The number of hydrogen-bond donors (Lipinski definition) is 1. The van der Waals surface area contributed by atoms with Crippen LogP contribution >= 0.6 is 0 Å². The van der Waals surface area contributed by atoms with Gasteiger partial charge < -0.3 is 9.73 Å². The third kappa shape index (κ3) is 3.02. The van der Waals surface area contributed by atoms with Crippen LogP contribution in [0.25, 0.3) is 11.0 Å². The Morgan fingerprint density at radius 3 is 2.84 bits per heavy atom. The van der Waals surface area contributed by atoms with E-state index in [4.69, 9.17) is 4.42 Å². The molecule has 1 amide bonds. The molecule has 1 aromatic carbocycles. The van der Waals surface area contributed by atoms with Gasteiger partial charge in [-0.1, -0.05) is 25.5 Å². The number of carbonyl (C=O) groups excluding carboxylic acids is 1. The van der Waals surface area contributed by atoms with E-state index < -0.39 is 5.63 Å². The smallest absolute Gasteiger partial charge is 0.349 e. The van der Waals surface area contributed by atoms with E-state index in [2.05, 4.69) is 5.32 Å². The number of amides is 1. The van der Waals surface area contributed by atoms with Crippen molar-refractivity contribution in [2.45, 2.75) is 26.7 Å². The molecule has 0 saturated heterocycles. The van der Waals surface area contributed by atoms with Gasteiger partial charge in [-0.3, -0.25) is 4.79 Å². The van der Waals surface area contributed by atoms with Crippen molar-refractivity contribution in [2.75, 3.05) is 6.54 Å². The first-order valence-electron chi connectivity index (χ1n) is 6.44. The maximum atomic E-state index is 11.9. The molecule has 0 unspecified atom stereocenters. The summed E-state index contributed by atoms with van der Waals surface area (Å²) in [4.78, 5) is 23.7. The van der Waals surface area contributed by atoms with Crippen molar-refractivity contribution in [1.82, 2.24) is 5.32 Å². The molecular weight excluding hydrogens is 242 g/mol. The van der Waals surface area contributed by atoms with Gasteiger partial charge in [0.2, 0.25) is 0 Å². The van der Waals surface area contributed by atoms with Gasteiger partial charge in [-0.25, -0.2) is 4.79 Å². The molecule has 0 fully saturated rings. The summed E-state index contributed by atoms with van der Waals surface area (Å²) in [6.45, 7) is 4.53. The quantitative estimate of drug-likeness (QED) is 0.678. The van der Waals surface area contributed by atoms with Crippen LogP contribution in [0.1, 0.15) is 35.7 Å². The number of hydrogen-bond acceptors (Lipinski definition) is 3. The van der Waals surface area contributed by atoms with Crippen LogP contribution in [0.4, 0.5) is 0 Å². The summed E-state index contributed by atoms with van der Waals surface area (Å²) in [5.74, 6) is -0.371. The number of rotatable bonds is 4. The lowest BCUT2D eigenvalue weighted by atomic mass is 10.1. The van der Waals surface area contributed by atoms with Crippen LogP contribution < -0.4 is 10.9 Å². The van der Waals surface area contributed by atoms with E-state index in [0.717, 1.165) is 23.8 Å². The molecule has 0 aliphatic heterocycles. The van der Waals surface area contributed by atoms with E-state index in [1.165, 1.54) is 0 Å². The second-order valence-corrected chi connectivity index (χ2v) is 4.60. The third-order valence-corrected chi connectivity index (χ3v) is 2.95. The normalized spacial score (nSPS) is 10.6. The van der Waals surface area contributed by atoms with Crippen molar-refractivity contribution in [3.05, 3.63) is 45.8 Å². The number of benzene rings is 1. The molecule has 1 N–H and O–H groups in total. The van der Waals surface area contributed by atoms with Gasteiger partial charge in [-0.05, 0) is 31.0 Å². The minimum atomic E-state index is -0.591. The fourth-order valence-corrected chi connectivity index (χ4v) is 1.85. The second kappa shape index (κ2) is 5.69. The van der Waals surface area contributed by atoms with Crippen molar-refractivity contribution in [3.8, 4) is 0 Å². The summed E-state index contributed by atoms with van der Waals surface area (Å²) in [5.41, 5.74) is 0.991. The molecule has 0 spiro atoms. The van der Waals surface area contributed by atoms with Gasteiger partial charge >= 0.3 is 5.63 Å². The maximum absolute atomic E-state index is 11.9. The average molecular weight is 259 g/mol. The molecule has 1 heterocycles. The summed E-state index contributed by atoms with van der Waals surface area (Å²) in [5, 5.41) is 3.47. The molecule has 0 saturated carbocycles. The third-order valence-electron chi connectivity index (χ3n) is 2.95. The fourth-order valence-electron chi connectivity index (χ4n) is 1.85. The predicted molar refractivity (Wildman–Crippen MR) is 74.5 cm³/mol. The van der Waals surface area contributed by atoms with E-state index in [9.17, 15) is 9.59 Å². The molecule has 4 heteroatoms. The van der Waals surface area contributed by atoms with Crippen LogP contribution in [0.5, 0.6) is 0 Å². The summed E-state index contributed by atoms with van der Waals surface area (Å²) in [7, 11) is 0. The van der Waals surface area contributed by atoms with E-state index in [-0.39, 0.29) is 11.5 Å². The van der Waals surface area contributed by atoms with E-state index >= 15 is 0 Å². The van der Waals surface area contributed by atoms with Crippen LogP contribution in [0.3, 0.4) is 0 Å². The molecule has 4 nitrogen and oxygen atoms in total. The summed E-state index contributed by atoms with van der Waals surface area (Å²) < 4.78 is 5.18. The predicted octanol–water partition coefficient (Wildman–Crippen LogP) is 2.63. The molecule has 0 bridgehead atoms. The Bertz CT molecular complexity index is 658. The van der Waals surface area contributed by atoms with Gasteiger partial charge in [0.25, 0.3) is 5.91 Å². The maximum Gasteiger partial charge on any atom is 0.349 e. The highest BCUT2D eigenvalue weighted by Gasteiger charge is 2.12. The molecule has 1 aromatic heterocycles. The average Bonchev–Trinajstić information content (AvgIpc) is 2.38. The number of nitrogens with one attached hydrogen (secondary N) is 1. The molecule has 0 radical (unpaired) electrons. The lowest BCUT2D eigenvalue weighted by Crippen LogP contribution is -2.28. The first-order valence-corrected chi connectivity index (χ1v) is 6.44. The number of carbonyl (C=O) groups is 1. The monoisotopic (exact) mass is 259 g/mol. The van der Waals surface area contributed by atoms with Crippen molar-refractivity contribution >= 4 is 16.9 Å². The highest BCUT2D eigenvalue weighted by atomic mass is 16.4. The molecule has 2 aromatic rings. The first-order chi connectivity index (χ1) is 9.11. The summed E-state index contributed by atoms with van der Waals surface area (Å²) >= 11 is 0. The summed E-state index contributed by atoms with van der Waals surface area (Å²) in [6, 6.07) is 7.13. The Morgan fingerprint density at radius 1 is 1.32 bits per heavy atom.